The molecule has 0 aliphatic heterocycles. The van der Waals surface area contributed by atoms with Gasteiger partial charge in [-0.3, -0.25) is 10.5 Å². The molecule has 0 fully saturated rings. The van der Waals surface area contributed by atoms with Crippen LogP contribution < -0.4 is 11.5 Å². The normalized spacial score (nSPS) is 20.4. The molecule has 9 N–H and O–H groups in total. The smallest absolute Gasteiger partial charge is 0.353 e. The van der Waals surface area contributed by atoms with E-state index in [1.54, 1.807) is 0 Å². The van der Waals surface area contributed by atoms with Gasteiger partial charge in [-0.2, -0.15) is 0 Å². The number of aliphatic hydroxyl groups is 4. The Hall–Kier alpha value is -1.10. The lowest BCUT2D eigenvalue weighted by Crippen LogP contribution is -2.63. The van der Waals surface area contributed by atoms with Crippen LogP contribution in [0, 0.1) is 11.8 Å². The van der Waals surface area contributed by atoms with Gasteiger partial charge in [-0.25, -0.2) is 4.79 Å². The molecule has 5 atom stereocenters. The number of ketones is 1. The van der Waals surface area contributed by atoms with Gasteiger partial charge >= 0.3 is 5.97 Å². The van der Waals surface area contributed by atoms with Gasteiger partial charge in [-0.1, -0.05) is 13.8 Å². The third-order valence-corrected chi connectivity index (χ3v) is 3.18. The van der Waals surface area contributed by atoms with Crippen molar-refractivity contribution in [1.29, 1.82) is 0 Å². The largest absolute Gasteiger partial charge is 0.478 e. The van der Waals surface area contributed by atoms with Crippen LogP contribution >= 0.6 is 0 Å². The van der Waals surface area contributed by atoms with Crippen LogP contribution in [0.25, 0.3) is 0 Å². The summed E-state index contributed by atoms with van der Waals surface area (Å²) in [5, 5.41) is 46.7. The number of carboxylic acid groups (broad SMARTS) is 1. The molecule has 0 rings (SSSR count). The first-order chi connectivity index (χ1) is 9.46. The molecule has 0 saturated carbocycles. The van der Waals surface area contributed by atoms with Gasteiger partial charge in [0.1, 0.15) is 6.10 Å². The van der Waals surface area contributed by atoms with Crippen molar-refractivity contribution in [3.05, 3.63) is 0 Å². The summed E-state index contributed by atoms with van der Waals surface area (Å²) in [7, 11) is 0. The SMILES string of the molecule is CC(C)C[C@H](N)C(=O)[C@@H](CO)[C@@H](O)[C@@H](O)[C@](N)(O)C(=O)O. The first-order valence-electron chi connectivity index (χ1n) is 6.47. The van der Waals surface area contributed by atoms with Crippen molar-refractivity contribution < 1.29 is 35.1 Å². The summed E-state index contributed by atoms with van der Waals surface area (Å²) in [5.74, 6) is -4.21. The average Bonchev–Trinajstić information content (AvgIpc) is 2.37. The second kappa shape index (κ2) is 7.78. The number of aliphatic carboxylic acids is 1. The average molecular weight is 308 g/mol. The lowest BCUT2D eigenvalue weighted by Gasteiger charge is -2.32. The van der Waals surface area contributed by atoms with Crippen LogP contribution in [0.2, 0.25) is 0 Å². The van der Waals surface area contributed by atoms with Crippen molar-refractivity contribution in [3.63, 3.8) is 0 Å². The van der Waals surface area contributed by atoms with E-state index in [9.17, 15) is 30.0 Å². The zero-order valence-corrected chi connectivity index (χ0v) is 12.0. The van der Waals surface area contributed by atoms with Gasteiger partial charge in [-0.05, 0) is 12.3 Å². The monoisotopic (exact) mass is 308 g/mol. The Balaban J connectivity index is 5.10. The maximum atomic E-state index is 12.0. The molecule has 0 saturated heterocycles. The number of aliphatic hydroxyl groups excluding tert-OH is 3. The molecule has 0 spiro atoms. The predicted octanol–water partition coefficient (Wildman–Crippen LogP) is -3.01. The van der Waals surface area contributed by atoms with Crippen LogP contribution in [0.4, 0.5) is 0 Å². The highest BCUT2D eigenvalue weighted by Gasteiger charge is 2.47. The molecule has 0 bridgehead atoms. The standard InChI is InChI=1S/C12H24N2O7/c1-5(2)3-7(13)8(16)6(4-15)9(17)10(18)12(14,21)11(19)20/h5-7,9-10,15,17-18,21H,3-4,13-14H2,1-2H3,(H,19,20)/t6-,7+,9-,10-,12+/m1/s1. The maximum absolute atomic E-state index is 12.0. The number of Topliss-reactive ketones (excluding diaryl/α,β-unsaturated/α-hetero) is 1. The maximum Gasteiger partial charge on any atom is 0.353 e. The van der Waals surface area contributed by atoms with Crippen molar-refractivity contribution in [3.8, 4) is 0 Å². The summed E-state index contributed by atoms with van der Waals surface area (Å²) in [6.07, 6.45) is -4.17. The second-order valence-corrected chi connectivity index (χ2v) is 5.49. The quantitative estimate of drug-likeness (QED) is 0.218. The molecule has 9 heteroatoms. The van der Waals surface area contributed by atoms with E-state index in [1.807, 2.05) is 13.8 Å². The number of nitrogens with two attached hydrogens (primary N) is 2. The van der Waals surface area contributed by atoms with Gasteiger partial charge in [0, 0.05) is 0 Å². The van der Waals surface area contributed by atoms with E-state index in [4.69, 9.17) is 16.6 Å². The van der Waals surface area contributed by atoms with Gasteiger partial charge in [0.2, 0.25) is 5.72 Å². The van der Waals surface area contributed by atoms with E-state index >= 15 is 0 Å². The summed E-state index contributed by atoms with van der Waals surface area (Å²) < 4.78 is 0. The molecule has 0 heterocycles. The molecule has 0 radical (unpaired) electrons. The van der Waals surface area contributed by atoms with Gasteiger partial charge in [-0.15, -0.1) is 0 Å². The number of hydrogen-bond donors (Lipinski definition) is 7. The van der Waals surface area contributed by atoms with Crippen LogP contribution in [0.1, 0.15) is 20.3 Å². The molecule has 0 amide bonds. The Bertz CT molecular complexity index is 373. The minimum Gasteiger partial charge on any atom is -0.478 e. The molecular weight excluding hydrogens is 284 g/mol. The highest BCUT2D eigenvalue weighted by Crippen LogP contribution is 2.19. The van der Waals surface area contributed by atoms with Gasteiger partial charge in [0.05, 0.1) is 24.7 Å². The summed E-state index contributed by atoms with van der Waals surface area (Å²) in [6.45, 7) is 2.75. The molecule has 0 aromatic rings. The fourth-order valence-corrected chi connectivity index (χ4v) is 1.87. The predicted molar refractivity (Wildman–Crippen MR) is 71.8 cm³/mol. The van der Waals surface area contributed by atoms with Gasteiger partial charge in [0.15, 0.2) is 5.78 Å². The van der Waals surface area contributed by atoms with Crippen LogP contribution in [-0.2, 0) is 9.59 Å². The number of hydrogen-bond acceptors (Lipinski definition) is 8. The highest BCUT2D eigenvalue weighted by atomic mass is 16.4. The van der Waals surface area contributed by atoms with E-state index in [-0.39, 0.29) is 12.3 Å². The summed E-state index contributed by atoms with van der Waals surface area (Å²) in [6, 6.07) is -1.00. The topological polar surface area (TPSA) is 187 Å². The molecule has 9 nitrogen and oxygen atoms in total. The van der Waals surface area contributed by atoms with E-state index in [0.717, 1.165) is 0 Å². The zero-order chi connectivity index (χ0) is 17.0. The first kappa shape index (κ1) is 19.9. The fourth-order valence-electron chi connectivity index (χ4n) is 1.87. The summed E-state index contributed by atoms with van der Waals surface area (Å²) >= 11 is 0. The van der Waals surface area contributed by atoms with Crippen LogP contribution in [0.15, 0.2) is 0 Å². The summed E-state index contributed by atoms with van der Waals surface area (Å²) in [5.41, 5.74) is 7.46. The lowest BCUT2D eigenvalue weighted by molar-refractivity contribution is -0.186. The van der Waals surface area contributed by atoms with Crippen molar-refractivity contribution in [2.45, 2.75) is 44.2 Å². The van der Waals surface area contributed by atoms with Gasteiger partial charge in [0.25, 0.3) is 0 Å². The van der Waals surface area contributed by atoms with E-state index in [1.165, 1.54) is 0 Å². The van der Waals surface area contributed by atoms with E-state index in [2.05, 4.69) is 0 Å². The third kappa shape index (κ3) is 4.99. The second-order valence-electron chi connectivity index (χ2n) is 5.49. The molecule has 0 aromatic heterocycles. The molecule has 0 aliphatic carbocycles. The minimum atomic E-state index is -3.16. The molecule has 0 aliphatic rings. The molecule has 0 aromatic carbocycles. The number of carbonyl (C=O) groups is 2. The third-order valence-electron chi connectivity index (χ3n) is 3.18. The Kier molecular flexibility index (Phi) is 7.37. The van der Waals surface area contributed by atoms with Crippen molar-refractivity contribution in [1.82, 2.24) is 0 Å². The Morgan fingerprint density at radius 2 is 1.71 bits per heavy atom. The molecule has 124 valence electrons. The number of carboxylic acids is 1. The fraction of sp³-hybridized carbons (Fsp3) is 0.833. The van der Waals surface area contributed by atoms with Crippen LogP contribution in [0.5, 0.6) is 0 Å². The first-order valence-corrected chi connectivity index (χ1v) is 6.47. The van der Waals surface area contributed by atoms with Crippen molar-refractivity contribution in [2.75, 3.05) is 6.61 Å². The van der Waals surface area contributed by atoms with Crippen molar-refractivity contribution >= 4 is 11.8 Å². The van der Waals surface area contributed by atoms with E-state index in [0.29, 0.717) is 0 Å². The Labute approximate surface area is 122 Å². The Morgan fingerprint density at radius 3 is 2.05 bits per heavy atom. The van der Waals surface area contributed by atoms with Crippen LogP contribution in [-0.4, -0.2) is 67.9 Å². The molecular formula is C12H24N2O7. The zero-order valence-electron chi connectivity index (χ0n) is 12.0. The highest BCUT2D eigenvalue weighted by molar-refractivity contribution is 5.87. The number of rotatable bonds is 9. The minimum absolute atomic E-state index is 0.0795. The van der Waals surface area contributed by atoms with Gasteiger partial charge < -0.3 is 31.3 Å². The summed E-state index contributed by atoms with van der Waals surface area (Å²) in [4.78, 5) is 22.7. The van der Waals surface area contributed by atoms with Crippen molar-refractivity contribution in [2.24, 2.45) is 23.3 Å². The van der Waals surface area contributed by atoms with E-state index < -0.39 is 48.3 Å². The lowest BCUT2D eigenvalue weighted by atomic mass is 9.85. The number of carbonyl (C=O) groups excluding carboxylic acids is 1. The Morgan fingerprint density at radius 1 is 1.24 bits per heavy atom. The molecule has 0 unspecified atom stereocenters. The molecule has 21 heavy (non-hydrogen) atoms. The van der Waals surface area contributed by atoms with Crippen LogP contribution in [0.3, 0.4) is 0 Å².